The van der Waals surface area contributed by atoms with Crippen LogP contribution in [-0.2, 0) is 0 Å². The van der Waals surface area contributed by atoms with Crippen molar-refractivity contribution in [3.05, 3.63) is 53.6 Å². The summed E-state index contributed by atoms with van der Waals surface area (Å²) in [5, 5.41) is 10.0. The number of hydrogen-bond acceptors (Lipinski definition) is 4. The average Bonchev–Trinajstić information content (AvgIpc) is 2.37. The van der Waals surface area contributed by atoms with Gasteiger partial charge in [0.2, 0.25) is 0 Å². The van der Waals surface area contributed by atoms with Crippen molar-refractivity contribution in [2.24, 2.45) is 0 Å². The van der Waals surface area contributed by atoms with E-state index in [2.05, 4.69) is 14.7 Å². The number of aliphatic hydroxyl groups excluding tert-OH is 1. The number of aliphatic hydroxyl groups is 1. The van der Waals surface area contributed by atoms with Crippen molar-refractivity contribution in [1.29, 1.82) is 0 Å². The van der Waals surface area contributed by atoms with Crippen molar-refractivity contribution < 1.29 is 23.0 Å². The highest BCUT2D eigenvalue weighted by Crippen LogP contribution is 2.27. The topological polar surface area (TPSA) is 55.2 Å². The van der Waals surface area contributed by atoms with Gasteiger partial charge in [-0.15, -0.1) is 13.2 Å². The minimum Gasteiger partial charge on any atom is -0.406 e. The van der Waals surface area contributed by atoms with Gasteiger partial charge in [-0.25, -0.2) is 9.97 Å². The Balaban J connectivity index is 2.24. The van der Waals surface area contributed by atoms with Crippen LogP contribution in [-0.4, -0.2) is 21.4 Å². The molecule has 1 heterocycles. The van der Waals surface area contributed by atoms with Crippen molar-refractivity contribution in [2.45, 2.75) is 19.4 Å². The molecule has 2 aromatic rings. The van der Waals surface area contributed by atoms with Crippen LogP contribution in [0.25, 0.3) is 0 Å². The predicted molar refractivity (Wildman–Crippen MR) is 64.0 cm³/mol. The third-order valence-corrected chi connectivity index (χ3v) is 2.45. The van der Waals surface area contributed by atoms with Crippen LogP contribution in [0.15, 0.2) is 36.7 Å². The van der Waals surface area contributed by atoms with Gasteiger partial charge in [0.1, 0.15) is 11.9 Å². The molecule has 20 heavy (non-hydrogen) atoms. The molecule has 0 bridgehead atoms. The number of rotatable bonds is 3. The maximum absolute atomic E-state index is 12.1. The van der Waals surface area contributed by atoms with Crippen LogP contribution in [0.2, 0.25) is 0 Å². The Morgan fingerprint density at radius 3 is 2.45 bits per heavy atom. The van der Waals surface area contributed by atoms with Crippen LogP contribution < -0.4 is 4.74 Å². The Hall–Kier alpha value is -2.15. The molecule has 1 aromatic carbocycles. The molecule has 1 unspecified atom stereocenters. The van der Waals surface area contributed by atoms with E-state index in [4.69, 9.17) is 0 Å². The average molecular weight is 284 g/mol. The normalized spacial score (nSPS) is 13.1. The number of aryl methyl sites for hydroxylation is 1. The van der Waals surface area contributed by atoms with Crippen LogP contribution >= 0.6 is 0 Å². The number of aromatic nitrogens is 2. The van der Waals surface area contributed by atoms with E-state index >= 15 is 0 Å². The summed E-state index contributed by atoms with van der Waals surface area (Å²) in [5.41, 5.74) is 1.03. The van der Waals surface area contributed by atoms with Gasteiger partial charge in [0.15, 0.2) is 5.82 Å². The molecule has 4 nitrogen and oxygen atoms in total. The molecular weight excluding hydrogens is 273 g/mol. The van der Waals surface area contributed by atoms with Gasteiger partial charge in [0, 0.05) is 12.4 Å². The van der Waals surface area contributed by atoms with Crippen molar-refractivity contribution in [3.8, 4) is 5.75 Å². The van der Waals surface area contributed by atoms with Crippen molar-refractivity contribution >= 4 is 0 Å². The first-order valence-electron chi connectivity index (χ1n) is 5.67. The van der Waals surface area contributed by atoms with Crippen LogP contribution in [0.1, 0.15) is 23.1 Å². The van der Waals surface area contributed by atoms with Gasteiger partial charge in [0.25, 0.3) is 0 Å². The fourth-order valence-electron chi connectivity index (χ4n) is 1.57. The smallest absolute Gasteiger partial charge is 0.406 e. The summed E-state index contributed by atoms with van der Waals surface area (Å²) in [6, 6.07) is 5.08. The highest BCUT2D eigenvalue weighted by Gasteiger charge is 2.31. The molecule has 0 amide bonds. The highest BCUT2D eigenvalue weighted by molar-refractivity contribution is 5.32. The van der Waals surface area contributed by atoms with E-state index in [1.807, 2.05) is 0 Å². The summed E-state index contributed by atoms with van der Waals surface area (Å²) in [5.74, 6) is -0.291. The lowest BCUT2D eigenvalue weighted by molar-refractivity contribution is -0.274. The second kappa shape index (κ2) is 5.46. The zero-order valence-electron chi connectivity index (χ0n) is 10.4. The number of alkyl halides is 3. The van der Waals surface area contributed by atoms with Crippen molar-refractivity contribution in [2.75, 3.05) is 0 Å². The van der Waals surface area contributed by atoms with Gasteiger partial charge in [-0.2, -0.15) is 0 Å². The quantitative estimate of drug-likeness (QED) is 0.941. The molecular formula is C13H11F3N2O2. The lowest BCUT2D eigenvalue weighted by Crippen LogP contribution is -2.17. The standard InChI is InChI=1S/C13H11F3N2O2/c1-8-6-17-12(18-7-8)11(19)9-3-2-4-10(5-9)20-13(14,15)16/h2-7,11,19H,1H3. The first kappa shape index (κ1) is 14.3. The second-order valence-corrected chi connectivity index (χ2v) is 4.14. The molecule has 0 saturated carbocycles. The largest absolute Gasteiger partial charge is 0.573 e. The fourth-order valence-corrected chi connectivity index (χ4v) is 1.57. The second-order valence-electron chi connectivity index (χ2n) is 4.14. The Kier molecular flexibility index (Phi) is 3.89. The van der Waals surface area contributed by atoms with E-state index < -0.39 is 18.2 Å². The number of ether oxygens (including phenoxy) is 1. The number of nitrogens with zero attached hydrogens (tertiary/aromatic N) is 2. The van der Waals surface area contributed by atoms with Gasteiger partial charge in [-0.3, -0.25) is 0 Å². The van der Waals surface area contributed by atoms with E-state index in [9.17, 15) is 18.3 Å². The number of hydrogen-bond donors (Lipinski definition) is 1. The Morgan fingerprint density at radius 1 is 1.20 bits per heavy atom. The molecule has 1 atom stereocenters. The highest BCUT2D eigenvalue weighted by atomic mass is 19.4. The summed E-state index contributed by atoms with van der Waals surface area (Å²) in [4.78, 5) is 7.87. The molecule has 0 radical (unpaired) electrons. The summed E-state index contributed by atoms with van der Waals surface area (Å²) in [6.45, 7) is 1.79. The van der Waals surface area contributed by atoms with Crippen LogP contribution in [0.3, 0.4) is 0 Å². The molecule has 2 rings (SSSR count). The number of halogens is 3. The first-order chi connectivity index (χ1) is 9.35. The first-order valence-corrected chi connectivity index (χ1v) is 5.67. The minimum absolute atomic E-state index is 0.111. The maximum Gasteiger partial charge on any atom is 0.573 e. The SMILES string of the molecule is Cc1cnc(C(O)c2cccc(OC(F)(F)F)c2)nc1. The fraction of sp³-hybridized carbons (Fsp3) is 0.231. The van der Waals surface area contributed by atoms with Gasteiger partial charge in [0.05, 0.1) is 0 Å². The summed E-state index contributed by atoms with van der Waals surface area (Å²) >= 11 is 0. The van der Waals surface area contributed by atoms with Crippen molar-refractivity contribution in [1.82, 2.24) is 9.97 Å². The van der Waals surface area contributed by atoms with E-state index in [1.165, 1.54) is 24.5 Å². The van der Waals surface area contributed by atoms with Crippen LogP contribution in [0.4, 0.5) is 13.2 Å². The molecule has 0 aliphatic heterocycles. The molecule has 0 spiro atoms. The Labute approximate surface area is 112 Å². The molecule has 7 heteroatoms. The Bertz CT molecular complexity index is 585. The van der Waals surface area contributed by atoms with Crippen LogP contribution in [0, 0.1) is 6.92 Å². The van der Waals surface area contributed by atoms with E-state index in [-0.39, 0.29) is 11.4 Å². The molecule has 106 valence electrons. The molecule has 0 aliphatic carbocycles. The lowest BCUT2D eigenvalue weighted by atomic mass is 10.1. The molecule has 0 fully saturated rings. The monoisotopic (exact) mass is 284 g/mol. The van der Waals surface area contributed by atoms with E-state index in [0.717, 1.165) is 17.7 Å². The zero-order valence-corrected chi connectivity index (χ0v) is 10.4. The molecule has 1 N–H and O–H groups in total. The molecule has 1 aromatic heterocycles. The van der Waals surface area contributed by atoms with Crippen LogP contribution in [0.5, 0.6) is 5.75 Å². The van der Waals surface area contributed by atoms with Gasteiger partial charge in [-0.05, 0) is 30.2 Å². The van der Waals surface area contributed by atoms with Crippen molar-refractivity contribution in [3.63, 3.8) is 0 Å². The Morgan fingerprint density at radius 2 is 1.85 bits per heavy atom. The van der Waals surface area contributed by atoms with E-state index in [1.54, 1.807) is 6.92 Å². The third kappa shape index (κ3) is 3.67. The van der Waals surface area contributed by atoms with Gasteiger partial charge in [-0.1, -0.05) is 12.1 Å². The summed E-state index contributed by atoms with van der Waals surface area (Å²) in [7, 11) is 0. The van der Waals surface area contributed by atoms with Gasteiger partial charge < -0.3 is 9.84 Å². The lowest BCUT2D eigenvalue weighted by Gasteiger charge is -2.13. The summed E-state index contributed by atoms with van der Waals surface area (Å²) < 4.78 is 40.2. The molecule has 0 saturated heterocycles. The zero-order chi connectivity index (χ0) is 14.8. The predicted octanol–water partition coefficient (Wildman–Crippen LogP) is 2.77. The minimum atomic E-state index is -4.77. The van der Waals surface area contributed by atoms with Gasteiger partial charge >= 0.3 is 6.36 Å². The summed E-state index contributed by atoms with van der Waals surface area (Å²) in [6.07, 6.45) is -2.96. The maximum atomic E-state index is 12.1. The number of benzene rings is 1. The molecule has 0 aliphatic rings. The third-order valence-electron chi connectivity index (χ3n) is 2.45. The van der Waals surface area contributed by atoms with E-state index in [0.29, 0.717) is 0 Å².